The molecule has 0 amide bonds. The molecule has 176 valence electrons. The van der Waals surface area contributed by atoms with Gasteiger partial charge in [-0.05, 0) is 69.2 Å². The van der Waals surface area contributed by atoms with Crippen LogP contribution in [0.1, 0.15) is 76.8 Å². The second-order valence-electron chi connectivity index (χ2n) is 9.35. The third-order valence-corrected chi connectivity index (χ3v) is 9.41. The molecule has 2 aliphatic carbocycles. The minimum atomic E-state index is -1.30. The summed E-state index contributed by atoms with van der Waals surface area (Å²) in [6, 6.07) is 6.75. The summed E-state index contributed by atoms with van der Waals surface area (Å²) in [6.45, 7) is 4.35. The smallest absolute Gasteiger partial charge is 0.183 e. The quantitative estimate of drug-likeness (QED) is 0.460. The molecule has 2 atom stereocenters. The van der Waals surface area contributed by atoms with E-state index in [1.54, 1.807) is 18.4 Å². The number of rotatable bonds is 8. The monoisotopic (exact) mass is 475 g/mol. The van der Waals surface area contributed by atoms with E-state index in [0.29, 0.717) is 22.7 Å². The van der Waals surface area contributed by atoms with Crippen molar-refractivity contribution in [1.82, 2.24) is 9.71 Å². The van der Waals surface area contributed by atoms with Crippen LogP contribution >= 0.6 is 11.3 Å². The highest BCUT2D eigenvalue weighted by Gasteiger charge is 2.23. The molecule has 2 saturated carbocycles. The van der Waals surface area contributed by atoms with Crippen LogP contribution in [0.5, 0.6) is 5.75 Å². The SMILES string of the molecule is COc1ccc(-c2sc(NC(C)C3CCCCC3)nc2C)cc1S(=O)NC1CCCCC1. The molecule has 0 spiro atoms. The predicted molar refractivity (Wildman–Crippen MR) is 135 cm³/mol. The molecule has 2 unspecified atom stereocenters. The van der Waals surface area contributed by atoms with Gasteiger partial charge in [-0.3, -0.25) is 0 Å². The van der Waals surface area contributed by atoms with E-state index in [0.717, 1.165) is 40.0 Å². The van der Waals surface area contributed by atoms with E-state index in [4.69, 9.17) is 9.72 Å². The van der Waals surface area contributed by atoms with E-state index in [1.807, 2.05) is 12.1 Å². The lowest BCUT2D eigenvalue weighted by Gasteiger charge is -2.28. The molecule has 0 aliphatic heterocycles. The molecule has 7 heteroatoms. The Balaban J connectivity index is 1.51. The highest BCUT2D eigenvalue weighted by atomic mass is 32.2. The Bertz CT molecular complexity index is 918. The minimum absolute atomic E-state index is 0.320. The molecule has 2 aromatic rings. The van der Waals surface area contributed by atoms with Crippen molar-refractivity contribution >= 4 is 27.5 Å². The highest BCUT2D eigenvalue weighted by molar-refractivity contribution is 7.83. The number of nitrogens with zero attached hydrogens (tertiary/aromatic N) is 1. The largest absolute Gasteiger partial charge is 0.495 e. The van der Waals surface area contributed by atoms with Crippen LogP contribution in [-0.4, -0.2) is 28.4 Å². The number of hydrogen-bond acceptors (Lipinski definition) is 5. The number of hydrogen-bond donors (Lipinski definition) is 2. The molecule has 0 radical (unpaired) electrons. The Kier molecular flexibility index (Phi) is 8.24. The van der Waals surface area contributed by atoms with Crippen molar-refractivity contribution in [3.8, 4) is 16.2 Å². The van der Waals surface area contributed by atoms with Gasteiger partial charge >= 0.3 is 0 Å². The number of aromatic nitrogens is 1. The Morgan fingerprint density at radius 3 is 2.47 bits per heavy atom. The molecule has 1 aromatic carbocycles. The second-order valence-corrected chi connectivity index (χ2v) is 11.6. The van der Waals surface area contributed by atoms with Crippen molar-refractivity contribution in [1.29, 1.82) is 0 Å². The lowest BCUT2D eigenvalue weighted by molar-refractivity contribution is 0.328. The molecular weight excluding hydrogens is 438 g/mol. The summed E-state index contributed by atoms with van der Waals surface area (Å²) >= 11 is 1.69. The number of thiazole rings is 1. The average Bonchev–Trinajstić information content (AvgIpc) is 3.19. The van der Waals surface area contributed by atoms with Gasteiger partial charge in [-0.25, -0.2) is 13.9 Å². The Labute approximate surface area is 199 Å². The number of aryl methyl sites for hydroxylation is 1. The summed E-state index contributed by atoms with van der Waals surface area (Å²) in [7, 11) is 0.347. The van der Waals surface area contributed by atoms with Crippen molar-refractivity contribution in [3.05, 3.63) is 23.9 Å². The zero-order valence-electron chi connectivity index (χ0n) is 19.6. The molecule has 1 aromatic heterocycles. The van der Waals surface area contributed by atoms with E-state index in [1.165, 1.54) is 51.4 Å². The third-order valence-electron chi connectivity index (χ3n) is 7.01. The van der Waals surface area contributed by atoms with Crippen LogP contribution in [-0.2, 0) is 11.0 Å². The van der Waals surface area contributed by atoms with Crippen LogP contribution < -0.4 is 14.8 Å². The Hall–Kier alpha value is -1.44. The maximum absolute atomic E-state index is 13.2. The van der Waals surface area contributed by atoms with Gasteiger partial charge in [-0.1, -0.05) is 49.9 Å². The maximum atomic E-state index is 13.2. The Morgan fingerprint density at radius 2 is 1.78 bits per heavy atom. The van der Waals surface area contributed by atoms with Crippen LogP contribution in [0, 0.1) is 12.8 Å². The lowest BCUT2D eigenvalue weighted by Crippen LogP contribution is -2.32. The van der Waals surface area contributed by atoms with Crippen LogP contribution in [0.2, 0.25) is 0 Å². The molecule has 0 bridgehead atoms. The summed E-state index contributed by atoms with van der Waals surface area (Å²) in [6.07, 6.45) is 12.6. The van der Waals surface area contributed by atoms with Gasteiger partial charge in [-0.15, -0.1) is 0 Å². The summed E-state index contributed by atoms with van der Waals surface area (Å²) in [4.78, 5) is 6.66. The summed E-state index contributed by atoms with van der Waals surface area (Å²) in [5.74, 6) is 1.40. The standard InChI is InChI=1S/C25H37N3O2S2/c1-17(19-10-6-4-7-11-19)26-25-27-18(2)24(31-25)20-14-15-22(30-3)23(16-20)32(29)28-21-12-8-5-9-13-21/h14-17,19,21,28H,4-13H2,1-3H3,(H,26,27). The zero-order chi connectivity index (χ0) is 22.5. The zero-order valence-corrected chi connectivity index (χ0v) is 21.2. The molecule has 2 fully saturated rings. The first-order valence-corrected chi connectivity index (χ1v) is 14.1. The van der Waals surface area contributed by atoms with E-state index in [2.05, 4.69) is 30.0 Å². The lowest BCUT2D eigenvalue weighted by atomic mass is 9.85. The molecule has 2 aliphatic rings. The normalized spacial score (nSPS) is 20.1. The molecule has 5 nitrogen and oxygen atoms in total. The van der Waals surface area contributed by atoms with Crippen molar-refractivity contribution < 1.29 is 8.95 Å². The summed E-state index contributed by atoms with van der Waals surface area (Å²) in [5, 5.41) is 4.65. The molecule has 2 N–H and O–H groups in total. The van der Waals surface area contributed by atoms with Crippen molar-refractivity contribution in [2.45, 2.75) is 95.0 Å². The minimum Gasteiger partial charge on any atom is -0.495 e. The van der Waals surface area contributed by atoms with Gasteiger partial charge in [0.25, 0.3) is 0 Å². The topological polar surface area (TPSA) is 63.2 Å². The predicted octanol–water partition coefficient (Wildman–Crippen LogP) is 6.45. The van der Waals surface area contributed by atoms with Gasteiger partial charge in [0.05, 0.1) is 22.6 Å². The van der Waals surface area contributed by atoms with Gasteiger partial charge in [0, 0.05) is 12.1 Å². The van der Waals surface area contributed by atoms with Gasteiger partial charge in [0.15, 0.2) is 5.13 Å². The van der Waals surface area contributed by atoms with Crippen LogP contribution in [0.3, 0.4) is 0 Å². The second kappa shape index (κ2) is 11.1. The van der Waals surface area contributed by atoms with Crippen molar-refractivity contribution in [3.63, 3.8) is 0 Å². The van der Waals surface area contributed by atoms with Gasteiger partial charge in [0.2, 0.25) is 0 Å². The molecule has 32 heavy (non-hydrogen) atoms. The first-order valence-electron chi connectivity index (χ1n) is 12.2. The van der Waals surface area contributed by atoms with E-state index < -0.39 is 11.0 Å². The van der Waals surface area contributed by atoms with Crippen LogP contribution in [0.4, 0.5) is 5.13 Å². The van der Waals surface area contributed by atoms with E-state index in [9.17, 15) is 4.21 Å². The van der Waals surface area contributed by atoms with Gasteiger partial charge in [0.1, 0.15) is 16.7 Å². The van der Waals surface area contributed by atoms with Crippen molar-refractivity contribution in [2.24, 2.45) is 5.92 Å². The van der Waals surface area contributed by atoms with Gasteiger partial charge < -0.3 is 10.1 Å². The third kappa shape index (κ3) is 5.72. The first-order chi connectivity index (χ1) is 15.5. The molecule has 1 heterocycles. The molecule has 0 saturated heterocycles. The fourth-order valence-electron chi connectivity index (χ4n) is 5.07. The number of nitrogens with one attached hydrogen (secondary N) is 2. The molecule has 4 rings (SSSR count). The first kappa shape index (κ1) is 23.7. The number of methoxy groups -OCH3 is 1. The number of ether oxygens (including phenoxy) is 1. The number of benzene rings is 1. The Morgan fingerprint density at radius 1 is 1.09 bits per heavy atom. The van der Waals surface area contributed by atoms with Crippen LogP contribution in [0.25, 0.3) is 10.4 Å². The average molecular weight is 476 g/mol. The number of anilines is 1. The van der Waals surface area contributed by atoms with Crippen LogP contribution in [0.15, 0.2) is 23.1 Å². The fraction of sp³-hybridized carbons (Fsp3) is 0.640. The van der Waals surface area contributed by atoms with Gasteiger partial charge in [-0.2, -0.15) is 0 Å². The fourth-order valence-corrected chi connectivity index (χ4v) is 7.36. The van der Waals surface area contributed by atoms with E-state index >= 15 is 0 Å². The maximum Gasteiger partial charge on any atom is 0.183 e. The van der Waals surface area contributed by atoms with E-state index in [-0.39, 0.29) is 0 Å². The molecular formula is C25H37N3O2S2. The summed E-state index contributed by atoms with van der Waals surface area (Å²) < 4.78 is 22.1. The highest BCUT2D eigenvalue weighted by Crippen LogP contribution is 2.37. The van der Waals surface area contributed by atoms with Crippen molar-refractivity contribution in [2.75, 3.05) is 12.4 Å². The summed E-state index contributed by atoms with van der Waals surface area (Å²) in [5.41, 5.74) is 2.06.